The maximum atomic E-state index is 11.4. The number of benzene rings is 1. The van der Waals surface area contributed by atoms with Crippen molar-refractivity contribution >= 4 is 5.97 Å². The summed E-state index contributed by atoms with van der Waals surface area (Å²) < 4.78 is 10.1. The molecule has 0 radical (unpaired) electrons. The van der Waals surface area contributed by atoms with Crippen molar-refractivity contribution in [3.63, 3.8) is 0 Å². The summed E-state index contributed by atoms with van der Waals surface area (Å²) in [5.74, 6) is 0.212. The fourth-order valence-electron chi connectivity index (χ4n) is 2.17. The smallest absolute Gasteiger partial charge is 0.338 e. The number of esters is 1. The van der Waals surface area contributed by atoms with Gasteiger partial charge in [0.1, 0.15) is 5.75 Å². The van der Waals surface area contributed by atoms with Crippen molar-refractivity contribution < 1.29 is 19.4 Å². The molecule has 2 rings (SSSR count). The molecule has 0 saturated heterocycles. The summed E-state index contributed by atoms with van der Waals surface area (Å²) >= 11 is 0. The van der Waals surface area contributed by atoms with E-state index in [1.807, 2.05) is 24.3 Å². The van der Waals surface area contributed by atoms with Gasteiger partial charge in [0, 0.05) is 24.6 Å². The van der Waals surface area contributed by atoms with E-state index in [-0.39, 0.29) is 12.6 Å². The maximum Gasteiger partial charge on any atom is 0.338 e. The van der Waals surface area contributed by atoms with Gasteiger partial charge in [0.25, 0.3) is 0 Å². The summed E-state index contributed by atoms with van der Waals surface area (Å²) in [6, 6.07) is 7.84. The Labute approximate surface area is 112 Å². The molecule has 2 N–H and O–H groups in total. The SMILES string of the molecule is COC(=O)C(C)(O)CNC1CCOc2ccccc21. The molecule has 0 aliphatic carbocycles. The van der Waals surface area contributed by atoms with Crippen LogP contribution < -0.4 is 10.1 Å². The first-order valence-corrected chi connectivity index (χ1v) is 6.30. The molecule has 1 aliphatic rings. The first kappa shape index (κ1) is 13.8. The van der Waals surface area contributed by atoms with Gasteiger partial charge in [-0.3, -0.25) is 0 Å². The Bertz CT molecular complexity index is 459. The van der Waals surface area contributed by atoms with Crippen LogP contribution >= 0.6 is 0 Å². The average molecular weight is 265 g/mol. The van der Waals surface area contributed by atoms with Crippen molar-refractivity contribution in [3.8, 4) is 5.75 Å². The highest BCUT2D eigenvalue weighted by molar-refractivity contribution is 5.78. The molecule has 0 saturated carbocycles. The molecule has 19 heavy (non-hydrogen) atoms. The predicted octanol–water partition coefficient (Wildman–Crippen LogP) is 1.02. The van der Waals surface area contributed by atoms with Gasteiger partial charge in [-0.1, -0.05) is 18.2 Å². The van der Waals surface area contributed by atoms with Gasteiger partial charge in [-0.05, 0) is 13.0 Å². The zero-order valence-corrected chi connectivity index (χ0v) is 11.2. The van der Waals surface area contributed by atoms with Gasteiger partial charge in [-0.15, -0.1) is 0 Å². The minimum absolute atomic E-state index is 0.0704. The van der Waals surface area contributed by atoms with Crippen molar-refractivity contribution in [2.24, 2.45) is 0 Å². The first-order chi connectivity index (χ1) is 9.04. The van der Waals surface area contributed by atoms with E-state index < -0.39 is 11.6 Å². The minimum Gasteiger partial charge on any atom is -0.493 e. The van der Waals surface area contributed by atoms with E-state index >= 15 is 0 Å². The Morgan fingerprint density at radius 2 is 2.32 bits per heavy atom. The van der Waals surface area contributed by atoms with Crippen LogP contribution in [0.2, 0.25) is 0 Å². The summed E-state index contributed by atoms with van der Waals surface area (Å²) in [4.78, 5) is 11.4. The molecule has 0 fully saturated rings. The topological polar surface area (TPSA) is 67.8 Å². The molecule has 5 heteroatoms. The van der Waals surface area contributed by atoms with Crippen LogP contribution in [0.3, 0.4) is 0 Å². The largest absolute Gasteiger partial charge is 0.493 e. The Morgan fingerprint density at radius 3 is 3.05 bits per heavy atom. The summed E-state index contributed by atoms with van der Waals surface area (Å²) in [5, 5.41) is 13.2. The Morgan fingerprint density at radius 1 is 1.58 bits per heavy atom. The van der Waals surface area contributed by atoms with Crippen molar-refractivity contribution in [1.29, 1.82) is 0 Å². The van der Waals surface area contributed by atoms with Crippen LogP contribution in [0, 0.1) is 0 Å². The number of hydrogen-bond acceptors (Lipinski definition) is 5. The normalized spacial score (nSPS) is 20.9. The molecule has 1 heterocycles. The first-order valence-electron chi connectivity index (χ1n) is 6.30. The molecule has 0 aromatic heterocycles. The van der Waals surface area contributed by atoms with Crippen LogP contribution in [0.15, 0.2) is 24.3 Å². The summed E-state index contributed by atoms with van der Waals surface area (Å²) in [5.41, 5.74) is -0.475. The van der Waals surface area contributed by atoms with Gasteiger partial charge in [0.15, 0.2) is 5.60 Å². The van der Waals surface area contributed by atoms with Crippen LogP contribution in [0.1, 0.15) is 24.9 Å². The van der Waals surface area contributed by atoms with Gasteiger partial charge in [0.05, 0.1) is 13.7 Å². The van der Waals surface area contributed by atoms with Gasteiger partial charge in [-0.2, -0.15) is 0 Å². The fourth-order valence-corrected chi connectivity index (χ4v) is 2.17. The molecule has 0 spiro atoms. The monoisotopic (exact) mass is 265 g/mol. The van der Waals surface area contributed by atoms with E-state index in [0.29, 0.717) is 6.61 Å². The number of carbonyl (C=O) groups is 1. The lowest BCUT2D eigenvalue weighted by Crippen LogP contribution is -2.47. The van der Waals surface area contributed by atoms with E-state index in [4.69, 9.17) is 4.74 Å². The summed E-state index contributed by atoms with van der Waals surface area (Å²) in [6.45, 7) is 2.20. The number of carbonyl (C=O) groups excluding carboxylic acids is 1. The molecule has 1 aliphatic heterocycles. The predicted molar refractivity (Wildman–Crippen MR) is 69.9 cm³/mol. The average Bonchev–Trinajstić information content (AvgIpc) is 2.44. The molecule has 2 unspecified atom stereocenters. The van der Waals surface area contributed by atoms with E-state index in [1.54, 1.807) is 0 Å². The Hall–Kier alpha value is -1.59. The van der Waals surface area contributed by atoms with E-state index in [0.717, 1.165) is 17.7 Å². The number of hydrogen-bond donors (Lipinski definition) is 2. The van der Waals surface area contributed by atoms with Crippen LogP contribution in [0.25, 0.3) is 0 Å². The molecule has 2 atom stereocenters. The van der Waals surface area contributed by atoms with Gasteiger partial charge >= 0.3 is 5.97 Å². The molecule has 0 amide bonds. The summed E-state index contributed by atoms with van der Waals surface area (Å²) in [6.07, 6.45) is 0.800. The number of para-hydroxylation sites is 1. The molecule has 5 nitrogen and oxygen atoms in total. The number of ether oxygens (including phenoxy) is 2. The van der Waals surface area contributed by atoms with E-state index in [1.165, 1.54) is 14.0 Å². The van der Waals surface area contributed by atoms with Crippen molar-refractivity contribution in [2.45, 2.75) is 25.0 Å². The van der Waals surface area contributed by atoms with Crippen molar-refractivity contribution in [3.05, 3.63) is 29.8 Å². The van der Waals surface area contributed by atoms with Crippen LogP contribution in [0.5, 0.6) is 5.75 Å². The zero-order valence-electron chi connectivity index (χ0n) is 11.2. The van der Waals surface area contributed by atoms with Crippen LogP contribution in [-0.4, -0.2) is 36.9 Å². The molecule has 1 aromatic carbocycles. The summed E-state index contributed by atoms with van der Waals surface area (Å²) in [7, 11) is 1.26. The molecular formula is C14H19NO4. The maximum absolute atomic E-state index is 11.4. The lowest BCUT2D eigenvalue weighted by molar-refractivity contribution is -0.160. The Kier molecular flexibility index (Phi) is 4.07. The molecular weight excluding hydrogens is 246 g/mol. The highest BCUT2D eigenvalue weighted by atomic mass is 16.5. The third kappa shape index (κ3) is 3.05. The number of methoxy groups -OCH3 is 1. The third-order valence-corrected chi connectivity index (χ3v) is 3.28. The highest BCUT2D eigenvalue weighted by Gasteiger charge is 2.33. The highest BCUT2D eigenvalue weighted by Crippen LogP contribution is 2.31. The number of rotatable bonds is 4. The minimum atomic E-state index is -1.53. The zero-order chi connectivity index (χ0) is 13.9. The second kappa shape index (κ2) is 5.59. The lowest BCUT2D eigenvalue weighted by Gasteiger charge is -2.29. The molecule has 0 bridgehead atoms. The van der Waals surface area contributed by atoms with Gasteiger partial charge < -0.3 is 19.9 Å². The van der Waals surface area contributed by atoms with Gasteiger partial charge in [0.2, 0.25) is 0 Å². The van der Waals surface area contributed by atoms with E-state index in [9.17, 15) is 9.90 Å². The third-order valence-electron chi connectivity index (χ3n) is 3.28. The standard InChI is InChI=1S/C14H19NO4/c1-14(17,13(16)18-2)9-15-11-7-8-19-12-6-4-3-5-10(11)12/h3-6,11,15,17H,7-9H2,1-2H3. The van der Waals surface area contributed by atoms with Crippen LogP contribution in [-0.2, 0) is 9.53 Å². The molecule has 104 valence electrons. The fraction of sp³-hybridized carbons (Fsp3) is 0.500. The second-order valence-electron chi connectivity index (χ2n) is 4.87. The van der Waals surface area contributed by atoms with Crippen molar-refractivity contribution in [1.82, 2.24) is 5.32 Å². The number of aliphatic hydroxyl groups is 1. The number of nitrogens with one attached hydrogen (secondary N) is 1. The quantitative estimate of drug-likeness (QED) is 0.796. The van der Waals surface area contributed by atoms with Gasteiger partial charge in [-0.25, -0.2) is 4.79 Å². The van der Waals surface area contributed by atoms with E-state index in [2.05, 4.69) is 10.1 Å². The second-order valence-corrected chi connectivity index (χ2v) is 4.87. The number of fused-ring (bicyclic) bond motifs is 1. The van der Waals surface area contributed by atoms with Crippen LogP contribution in [0.4, 0.5) is 0 Å². The molecule has 1 aromatic rings. The lowest BCUT2D eigenvalue weighted by atomic mass is 9.99. The Balaban J connectivity index is 2.04. The van der Waals surface area contributed by atoms with Crippen molar-refractivity contribution in [2.75, 3.05) is 20.3 Å².